The van der Waals surface area contributed by atoms with E-state index in [1.165, 1.54) is 32.1 Å². The highest BCUT2D eigenvalue weighted by molar-refractivity contribution is 4.83. The summed E-state index contributed by atoms with van der Waals surface area (Å²) in [6.45, 7) is 9.18. The third kappa shape index (κ3) is 4.00. The largest absolute Gasteiger partial charge is 0.312 e. The smallest absolute Gasteiger partial charge is 0.00977 e. The topological polar surface area (TPSA) is 12.0 Å². The van der Waals surface area contributed by atoms with E-state index in [9.17, 15) is 0 Å². The minimum absolute atomic E-state index is 0.646. The molecule has 0 bridgehead atoms. The van der Waals surface area contributed by atoms with Crippen molar-refractivity contribution in [3.8, 4) is 0 Å². The fraction of sp³-hybridized carbons (Fsp3) is 1.00. The molecular formula is C13H27N. The molecular weight excluding hydrogens is 170 g/mol. The van der Waals surface area contributed by atoms with Crippen molar-refractivity contribution in [1.82, 2.24) is 5.32 Å². The van der Waals surface area contributed by atoms with E-state index < -0.39 is 0 Å². The number of hydrogen-bond donors (Lipinski definition) is 1. The van der Waals surface area contributed by atoms with Crippen LogP contribution in [0.1, 0.15) is 59.8 Å². The Kier molecular flexibility index (Phi) is 4.94. The molecule has 0 aromatic rings. The van der Waals surface area contributed by atoms with Crippen molar-refractivity contribution in [2.75, 3.05) is 0 Å². The molecule has 0 radical (unpaired) electrons. The van der Waals surface area contributed by atoms with Gasteiger partial charge in [0.05, 0.1) is 0 Å². The summed E-state index contributed by atoms with van der Waals surface area (Å²) in [5.74, 6) is 1.84. The van der Waals surface area contributed by atoms with Crippen LogP contribution in [0, 0.1) is 11.8 Å². The molecule has 0 saturated heterocycles. The molecule has 84 valence electrons. The summed E-state index contributed by atoms with van der Waals surface area (Å²) in [6.07, 6.45) is 7.13. The van der Waals surface area contributed by atoms with Crippen molar-refractivity contribution in [2.24, 2.45) is 11.8 Å². The van der Waals surface area contributed by atoms with E-state index in [-0.39, 0.29) is 0 Å². The standard InChI is InChI=1S/C13H27N/c1-10(2)8-9-13(14-11(3)4)12-6-5-7-12/h10-14H,5-9H2,1-4H3/t13-/m0/s1. The average Bonchev–Trinajstić information content (AvgIpc) is 1.95. The third-order valence-electron chi connectivity index (χ3n) is 3.32. The van der Waals surface area contributed by atoms with Crippen molar-refractivity contribution < 1.29 is 0 Å². The van der Waals surface area contributed by atoms with E-state index in [4.69, 9.17) is 0 Å². The molecule has 1 rings (SSSR count). The zero-order chi connectivity index (χ0) is 10.6. The Morgan fingerprint density at radius 2 is 1.71 bits per heavy atom. The molecule has 1 aliphatic rings. The second-order valence-electron chi connectivity index (χ2n) is 5.59. The van der Waals surface area contributed by atoms with Gasteiger partial charge in [0, 0.05) is 12.1 Å². The van der Waals surface area contributed by atoms with Crippen LogP contribution in [0.2, 0.25) is 0 Å². The zero-order valence-electron chi connectivity index (χ0n) is 10.3. The SMILES string of the molecule is CC(C)CC[C@H](NC(C)C)C1CCC1. The van der Waals surface area contributed by atoms with Crippen molar-refractivity contribution in [3.05, 3.63) is 0 Å². The molecule has 1 nitrogen and oxygen atoms in total. The first kappa shape index (κ1) is 12.0. The minimum Gasteiger partial charge on any atom is -0.312 e. The molecule has 0 spiro atoms. The van der Waals surface area contributed by atoms with Gasteiger partial charge in [-0.25, -0.2) is 0 Å². The Morgan fingerprint density at radius 3 is 2.07 bits per heavy atom. The fourth-order valence-corrected chi connectivity index (χ4v) is 2.24. The molecule has 14 heavy (non-hydrogen) atoms. The third-order valence-corrected chi connectivity index (χ3v) is 3.32. The van der Waals surface area contributed by atoms with Gasteiger partial charge >= 0.3 is 0 Å². The summed E-state index contributed by atoms with van der Waals surface area (Å²) in [6, 6.07) is 1.44. The molecule has 1 atom stereocenters. The molecule has 0 aliphatic heterocycles. The van der Waals surface area contributed by atoms with E-state index >= 15 is 0 Å². The van der Waals surface area contributed by atoms with E-state index in [0.29, 0.717) is 6.04 Å². The summed E-state index contributed by atoms with van der Waals surface area (Å²) in [5, 5.41) is 3.74. The Morgan fingerprint density at radius 1 is 1.07 bits per heavy atom. The number of rotatable bonds is 6. The van der Waals surface area contributed by atoms with Gasteiger partial charge in [0.1, 0.15) is 0 Å². The Hall–Kier alpha value is -0.0400. The van der Waals surface area contributed by atoms with Crippen molar-refractivity contribution in [3.63, 3.8) is 0 Å². The van der Waals surface area contributed by atoms with Gasteiger partial charge in [-0.3, -0.25) is 0 Å². The Balaban J connectivity index is 2.28. The highest BCUT2D eigenvalue weighted by Crippen LogP contribution is 2.32. The lowest BCUT2D eigenvalue weighted by Gasteiger charge is -2.36. The first-order valence-electron chi connectivity index (χ1n) is 6.35. The molecule has 1 fully saturated rings. The molecule has 1 saturated carbocycles. The maximum atomic E-state index is 3.74. The van der Waals surface area contributed by atoms with Gasteiger partial charge in [0.25, 0.3) is 0 Å². The lowest BCUT2D eigenvalue weighted by molar-refractivity contribution is 0.203. The van der Waals surface area contributed by atoms with Crippen LogP contribution >= 0.6 is 0 Å². The van der Waals surface area contributed by atoms with Crippen LogP contribution in [-0.4, -0.2) is 12.1 Å². The molecule has 0 unspecified atom stereocenters. The van der Waals surface area contributed by atoms with Gasteiger partial charge in [-0.1, -0.05) is 34.1 Å². The Labute approximate surface area is 89.7 Å². The predicted molar refractivity (Wildman–Crippen MR) is 63.5 cm³/mol. The maximum Gasteiger partial charge on any atom is 0.00977 e. The highest BCUT2D eigenvalue weighted by atomic mass is 14.9. The summed E-state index contributed by atoms with van der Waals surface area (Å²) in [4.78, 5) is 0. The van der Waals surface area contributed by atoms with Crippen molar-refractivity contribution >= 4 is 0 Å². The van der Waals surface area contributed by atoms with Gasteiger partial charge < -0.3 is 5.32 Å². The summed E-state index contributed by atoms with van der Waals surface area (Å²) >= 11 is 0. The molecule has 0 aromatic heterocycles. The molecule has 1 N–H and O–H groups in total. The maximum absolute atomic E-state index is 3.74. The van der Waals surface area contributed by atoms with Gasteiger partial charge in [0.2, 0.25) is 0 Å². The molecule has 0 heterocycles. The molecule has 1 heteroatoms. The van der Waals surface area contributed by atoms with Crippen LogP contribution in [0.3, 0.4) is 0 Å². The van der Waals surface area contributed by atoms with Crippen LogP contribution < -0.4 is 5.32 Å². The Bertz CT molecular complexity index is 147. The fourth-order valence-electron chi connectivity index (χ4n) is 2.24. The van der Waals surface area contributed by atoms with Crippen LogP contribution in [-0.2, 0) is 0 Å². The highest BCUT2D eigenvalue weighted by Gasteiger charge is 2.27. The monoisotopic (exact) mass is 197 g/mol. The second-order valence-corrected chi connectivity index (χ2v) is 5.59. The van der Waals surface area contributed by atoms with Gasteiger partial charge in [0.15, 0.2) is 0 Å². The number of nitrogens with one attached hydrogen (secondary N) is 1. The predicted octanol–water partition coefficient (Wildman–Crippen LogP) is 3.59. The van der Waals surface area contributed by atoms with Crippen LogP contribution in [0.25, 0.3) is 0 Å². The zero-order valence-corrected chi connectivity index (χ0v) is 10.3. The van der Waals surface area contributed by atoms with Crippen LogP contribution in [0.4, 0.5) is 0 Å². The van der Waals surface area contributed by atoms with E-state index in [1.807, 2.05) is 0 Å². The van der Waals surface area contributed by atoms with Crippen molar-refractivity contribution in [2.45, 2.75) is 71.9 Å². The van der Waals surface area contributed by atoms with Gasteiger partial charge in [-0.05, 0) is 37.5 Å². The molecule has 1 aliphatic carbocycles. The lowest BCUT2D eigenvalue weighted by Crippen LogP contribution is -2.43. The summed E-state index contributed by atoms with van der Waals surface area (Å²) in [5.41, 5.74) is 0. The summed E-state index contributed by atoms with van der Waals surface area (Å²) in [7, 11) is 0. The quantitative estimate of drug-likeness (QED) is 0.686. The van der Waals surface area contributed by atoms with Crippen molar-refractivity contribution in [1.29, 1.82) is 0 Å². The molecule has 0 aromatic carbocycles. The first-order valence-corrected chi connectivity index (χ1v) is 6.35. The van der Waals surface area contributed by atoms with E-state index in [0.717, 1.165) is 17.9 Å². The van der Waals surface area contributed by atoms with Crippen LogP contribution in [0.15, 0.2) is 0 Å². The van der Waals surface area contributed by atoms with Gasteiger partial charge in [-0.2, -0.15) is 0 Å². The van der Waals surface area contributed by atoms with E-state index in [1.54, 1.807) is 0 Å². The van der Waals surface area contributed by atoms with E-state index in [2.05, 4.69) is 33.0 Å². The normalized spacial score (nSPS) is 20.1. The first-order chi connectivity index (χ1) is 6.59. The number of hydrogen-bond acceptors (Lipinski definition) is 1. The molecule has 0 amide bonds. The van der Waals surface area contributed by atoms with Gasteiger partial charge in [-0.15, -0.1) is 0 Å². The lowest BCUT2D eigenvalue weighted by atomic mass is 9.77. The summed E-state index contributed by atoms with van der Waals surface area (Å²) < 4.78 is 0. The average molecular weight is 197 g/mol. The second kappa shape index (κ2) is 5.75. The minimum atomic E-state index is 0.646. The van der Waals surface area contributed by atoms with Crippen LogP contribution in [0.5, 0.6) is 0 Å².